The van der Waals surface area contributed by atoms with Crippen molar-refractivity contribution in [1.82, 2.24) is 10.2 Å². The number of hydrogen-bond donors (Lipinski definition) is 1. The van der Waals surface area contributed by atoms with Gasteiger partial charge in [-0.05, 0) is 29.7 Å². The van der Waals surface area contributed by atoms with E-state index < -0.39 is 5.97 Å². The van der Waals surface area contributed by atoms with Crippen LogP contribution in [0.15, 0.2) is 36.4 Å². The summed E-state index contributed by atoms with van der Waals surface area (Å²) < 4.78 is 0. The maximum Gasteiger partial charge on any atom is 0.356 e. The van der Waals surface area contributed by atoms with Crippen LogP contribution in [0.2, 0.25) is 0 Å². The summed E-state index contributed by atoms with van der Waals surface area (Å²) in [5.74, 6) is -0.331. The molecule has 0 unspecified atom stereocenters. The van der Waals surface area contributed by atoms with Crippen molar-refractivity contribution >= 4 is 11.8 Å². The second-order valence-electron chi connectivity index (χ2n) is 4.52. The zero-order valence-electron chi connectivity index (χ0n) is 10.3. The minimum atomic E-state index is -1.05. The van der Waals surface area contributed by atoms with Crippen molar-refractivity contribution in [2.24, 2.45) is 0 Å². The Labute approximate surface area is 110 Å². The predicted molar refractivity (Wildman–Crippen MR) is 70.2 cm³/mol. The third-order valence-electron chi connectivity index (χ3n) is 3.32. The first-order valence-electron chi connectivity index (χ1n) is 6.13. The van der Waals surface area contributed by atoms with E-state index in [9.17, 15) is 4.79 Å². The van der Waals surface area contributed by atoms with Gasteiger partial charge in [-0.1, -0.05) is 24.3 Å². The minimum absolute atomic E-state index is 0.0267. The first-order valence-corrected chi connectivity index (χ1v) is 6.13. The van der Waals surface area contributed by atoms with E-state index in [1.54, 1.807) is 6.07 Å². The van der Waals surface area contributed by atoms with E-state index in [0.717, 1.165) is 25.3 Å². The molecule has 0 bridgehead atoms. The van der Waals surface area contributed by atoms with Crippen molar-refractivity contribution in [3.05, 3.63) is 53.2 Å². The van der Waals surface area contributed by atoms with Crippen LogP contribution < -0.4 is 4.90 Å². The van der Waals surface area contributed by atoms with Crippen LogP contribution >= 0.6 is 0 Å². The number of nitrogens with zero attached hydrogens (tertiary/aromatic N) is 3. The number of carboxylic acids is 1. The SMILES string of the molecule is O=C(O)c1ccc(N2CCc3ccccc3C2)nn1. The molecule has 0 saturated carbocycles. The largest absolute Gasteiger partial charge is 0.476 e. The van der Waals surface area contributed by atoms with Gasteiger partial charge in [-0.25, -0.2) is 4.79 Å². The van der Waals surface area contributed by atoms with E-state index in [-0.39, 0.29) is 5.69 Å². The van der Waals surface area contributed by atoms with Gasteiger partial charge < -0.3 is 10.0 Å². The number of carboxylic acid groups (broad SMARTS) is 1. The van der Waals surface area contributed by atoms with E-state index >= 15 is 0 Å². The molecule has 5 nitrogen and oxygen atoms in total. The molecule has 19 heavy (non-hydrogen) atoms. The van der Waals surface area contributed by atoms with E-state index in [4.69, 9.17) is 5.11 Å². The normalized spacial score (nSPS) is 14.0. The van der Waals surface area contributed by atoms with Gasteiger partial charge in [0.1, 0.15) is 0 Å². The van der Waals surface area contributed by atoms with Crippen LogP contribution in [0.3, 0.4) is 0 Å². The van der Waals surface area contributed by atoms with Gasteiger partial charge in [-0.3, -0.25) is 0 Å². The van der Waals surface area contributed by atoms with Crippen LogP contribution in [0.25, 0.3) is 0 Å². The average Bonchev–Trinajstić information content (AvgIpc) is 2.47. The molecule has 0 fully saturated rings. The molecule has 0 spiro atoms. The zero-order valence-corrected chi connectivity index (χ0v) is 10.3. The number of hydrogen-bond acceptors (Lipinski definition) is 4. The van der Waals surface area contributed by atoms with Gasteiger partial charge in [-0.15, -0.1) is 10.2 Å². The van der Waals surface area contributed by atoms with Crippen LogP contribution in [0.5, 0.6) is 0 Å². The summed E-state index contributed by atoms with van der Waals surface area (Å²) in [5.41, 5.74) is 2.63. The molecule has 1 aromatic carbocycles. The molecule has 5 heteroatoms. The lowest BCUT2D eigenvalue weighted by molar-refractivity contribution is 0.0689. The Hall–Kier alpha value is -2.43. The molecule has 0 aliphatic carbocycles. The molecule has 1 aliphatic rings. The number of fused-ring (bicyclic) bond motifs is 1. The fraction of sp³-hybridized carbons (Fsp3) is 0.214. The summed E-state index contributed by atoms with van der Waals surface area (Å²) >= 11 is 0. The monoisotopic (exact) mass is 255 g/mol. The third-order valence-corrected chi connectivity index (χ3v) is 3.32. The van der Waals surface area contributed by atoms with Gasteiger partial charge in [0.25, 0.3) is 0 Å². The Kier molecular flexibility index (Phi) is 2.87. The molecular formula is C14H13N3O2. The van der Waals surface area contributed by atoms with Crippen LogP contribution in [0, 0.1) is 0 Å². The fourth-order valence-electron chi connectivity index (χ4n) is 2.30. The van der Waals surface area contributed by atoms with Gasteiger partial charge in [0.15, 0.2) is 11.5 Å². The number of anilines is 1. The van der Waals surface area contributed by atoms with Gasteiger partial charge in [0.2, 0.25) is 0 Å². The minimum Gasteiger partial charge on any atom is -0.476 e. The molecular weight excluding hydrogens is 242 g/mol. The molecule has 2 aromatic rings. The molecule has 2 heterocycles. The number of aromatic carboxylic acids is 1. The van der Waals surface area contributed by atoms with Crippen molar-refractivity contribution in [1.29, 1.82) is 0 Å². The average molecular weight is 255 g/mol. The van der Waals surface area contributed by atoms with Crippen molar-refractivity contribution in [2.45, 2.75) is 13.0 Å². The van der Waals surface area contributed by atoms with Gasteiger partial charge >= 0.3 is 5.97 Å². The molecule has 1 aromatic heterocycles. The summed E-state index contributed by atoms with van der Waals surface area (Å²) in [4.78, 5) is 12.8. The predicted octanol–water partition coefficient (Wildman–Crippen LogP) is 1.74. The van der Waals surface area contributed by atoms with Crippen molar-refractivity contribution in [3.63, 3.8) is 0 Å². The second kappa shape index (κ2) is 4.68. The second-order valence-corrected chi connectivity index (χ2v) is 4.52. The van der Waals surface area contributed by atoms with Crippen LogP contribution in [0.1, 0.15) is 21.6 Å². The zero-order chi connectivity index (χ0) is 13.2. The van der Waals surface area contributed by atoms with Gasteiger partial charge in [-0.2, -0.15) is 0 Å². The topological polar surface area (TPSA) is 66.3 Å². The van der Waals surface area contributed by atoms with E-state index in [0.29, 0.717) is 0 Å². The van der Waals surface area contributed by atoms with Crippen LogP contribution in [-0.2, 0) is 13.0 Å². The molecule has 1 N–H and O–H groups in total. The van der Waals surface area contributed by atoms with Gasteiger partial charge in [0, 0.05) is 13.1 Å². The van der Waals surface area contributed by atoms with E-state index in [2.05, 4.69) is 33.3 Å². The Morgan fingerprint density at radius 3 is 2.58 bits per heavy atom. The summed E-state index contributed by atoms with van der Waals surface area (Å²) in [5, 5.41) is 16.5. The maximum atomic E-state index is 10.7. The van der Waals surface area contributed by atoms with E-state index in [1.165, 1.54) is 17.2 Å². The molecule has 0 saturated heterocycles. The lowest BCUT2D eigenvalue weighted by Crippen LogP contribution is -2.31. The maximum absolute atomic E-state index is 10.7. The highest BCUT2D eigenvalue weighted by atomic mass is 16.4. The smallest absolute Gasteiger partial charge is 0.356 e. The lowest BCUT2D eigenvalue weighted by atomic mass is 10.00. The molecule has 0 atom stereocenters. The fourth-order valence-corrected chi connectivity index (χ4v) is 2.30. The highest BCUT2D eigenvalue weighted by Gasteiger charge is 2.17. The molecule has 96 valence electrons. The number of rotatable bonds is 2. The lowest BCUT2D eigenvalue weighted by Gasteiger charge is -2.29. The molecule has 0 amide bonds. The quantitative estimate of drug-likeness (QED) is 0.885. The van der Waals surface area contributed by atoms with Gasteiger partial charge in [0.05, 0.1) is 0 Å². The highest BCUT2D eigenvalue weighted by molar-refractivity contribution is 5.85. The third kappa shape index (κ3) is 2.27. The highest BCUT2D eigenvalue weighted by Crippen LogP contribution is 2.22. The van der Waals surface area contributed by atoms with Crippen molar-refractivity contribution in [2.75, 3.05) is 11.4 Å². The summed E-state index contributed by atoms with van der Waals surface area (Å²) in [6.07, 6.45) is 0.971. The first kappa shape index (κ1) is 11.6. The Morgan fingerprint density at radius 2 is 1.89 bits per heavy atom. The Balaban J connectivity index is 1.83. The number of benzene rings is 1. The van der Waals surface area contributed by atoms with Crippen LogP contribution in [0.4, 0.5) is 5.82 Å². The molecule has 1 aliphatic heterocycles. The summed E-state index contributed by atoms with van der Waals surface area (Å²) in [6, 6.07) is 11.5. The number of carbonyl (C=O) groups is 1. The Bertz CT molecular complexity index is 610. The van der Waals surface area contributed by atoms with Crippen molar-refractivity contribution < 1.29 is 9.90 Å². The molecule has 3 rings (SSSR count). The summed E-state index contributed by atoms with van der Waals surface area (Å²) in [7, 11) is 0. The molecule has 0 radical (unpaired) electrons. The van der Waals surface area contributed by atoms with E-state index in [1.807, 2.05) is 6.07 Å². The Morgan fingerprint density at radius 1 is 1.11 bits per heavy atom. The number of aromatic nitrogens is 2. The van der Waals surface area contributed by atoms with Crippen LogP contribution in [-0.4, -0.2) is 27.8 Å². The standard InChI is InChI=1S/C14H13N3O2/c18-14(19)12-5-6-13(16-15-12)17-8-7-10-3-1-2-4-11(10)9-17/h1-6H,7-9H2,(H,18,19). The summed E-state index contributed by atoms with van der Waals surface area (Å²) in [6.45, 7) is 1.66. The van der Waals surface area contributed by atoms with Crippen molar-refractivity contribution in [3.8, 4) is 0 Å². The first-order chi connectivity index (χ1) is 9.24.